The molecule has 0 aliphatic carbocycles. The van der Waals surface area contributed by atoms with Crippen LogP contribution in [-0.2, 0) is 4.74 Å². The van der Waals surface area contributed by atoms with Crippen LogP contribution in [0.4, 0.5) is 11.6 Å². The number of ether oxygens (including phenoxy) is 1. The first kappa shape index (κ1) is 22.7. The van der Waals surface area contributed by atoms with E-state index in [1.54, 1.807) is 11.6 Å². The Hall–Kier alpha value is -4.04. The highest BCUT2D eigenvalue weighted by Gasteiger charge is 2.23. The van der Waals surface area contributed by atoms with Crippen LogP contribution in [0.2, 0.25) is 5.15 Å². The molecular formula is C26H23ClN6O2. The van der Waals surface area contributed by atoms with Gasteiger partial charge in [-0.15, -0.1) is 0 Å². The van der Waals surface area contributed by atoms with E-state index in [-0.39, 0.29) is 17.3 Å². The predicted octanol–water partition coefficient (Wildman–Crippen LogP) is 5.86. The first-order chi connectivity index (χ1) is 16.9. The van der Waals surface area contributed by atoms with Gasteiger partial charge < -0.3 is 10.1 Å². The van der Waals surface area contributed by atoms with Crippen LogP contribution in [0.25, 0.3) is 27.8 Å². The van der Waals surface area contributed by atoms with E-state index in [2.05, 4.69) is 39.4 Å². The summed E-state index contributed by atoms with van der Waals surface area (Å²) in [7, 11) is 0. The monoisotopic (exact) mass is 486 g/mol. The Labute approximate surface area is 206 Å². The van der Waals surface area contributed by atoms with Crippen LogP contribution in [0.15, 0.2) is 48.7 Å². The number of benzene rings is 2. The fourth-order valence-electron chi connectivity index (χ4n) is 4.11. The fraction of sp³-hybridized carbons (Fsp3) is 0.192. The SMILES string of the molecule is CCOC(=O)c1cnn(-c2cc(C)c3cc(C)cc(C)c3n2)c1Nc1nc2ccccc2nc1Cl. The molecule has 5 rings (SSSR count). The molecule has 0 unspecified atom stereocenters. The number of hydrogen-bond donors (Lipinski definition) is 1. The molecule has 0 radical (unpaired) electrons. The van der Waals surface area contributed by atoms with Crippen molar-refractivity contribution in [1.29, 1.82) is 0 Å². The van der Waals surface area contributed by atoms with Gasteiger partial charge >= 0.3 is 5.97 Å². The number of carbonyl (C=O) groups is 1. The number of aryl methyl sites for hydroxylation is 3. The molecule has 0 bridgehead atoms. The van der Waals surface area contributed by atoms with Crippen LogP contribution in [0.3, 0.4) is 0 Å². The molecule has 2 aromatic carbocycles. The first-order valence-corrected chi connectivity index (χ1v) is 11.6. The van der Waals surface area contributed by atoms with Crippen LogP contribution in [0.5, 0.6) is 0 Å². The standard InChI is InChI=1S/C26H23ClN6O2/c1-5-35-26(34)18-13-28-33(21-12-15(3)17-11-14(2)10-16(4)22(17)31-21)25(18)32-24-23(27)29-19-8-6-7-9-20(19)30-24/h6-13H,5H2,1-4H3,(H,30,32). The van der Waals surface area contributed by atoms with E-state index in [4.69, 9.17) is 21.3 Å². The van der Waals surface area contributed by atoms with Gasteiger partial charge in [-0.2, -0.15) is 9.78 Å². The maximum absolute atomic E-state index is 12.8. The van der Waals surface area contributed by atoms with E-state index < -0.39 is 5.97 Å². The second kappa shape index (κ2) is 8.96. The second-order valence-electron chi connectivity index (χ2n) is 8.29. The third kappa shape index (κ3) is 4.17. The van der Waals surface area contributed by atoms with Crippen molar-refractivity contribution >= 4 is 51.1 Å². The highest BCUT2D eigenvalue weighted by molar-refractivity contribution is 6.32. The largest absolute Gasteiger partial charge is 0.462 e. The van der Waals surface area contributed by atoms with Gasteiger partial charge in [0.1, 0.15) is 5.56 Å². The van der Waals surface area contributed by atoms with Gasteiger partial charge in [0, 0.05) is 5.39 Å². The lowest BCUT2D eigenvalue weighted by Gasteiger charge is -2.14. The zero-order chi connectivity index (χ0) is 24.7. The second-order valence-corrected chi connectivity index (χ2v) is 8.65. The van der Waals surface area contributed by atoms with Gasteiger partial charge in [0.15, 0.2) is 22.6 Å². The zero-order valence-corrected chi connectivity index (χ0v) is 20.5. The zero-order valence-electron chi connectivity index (χ0n) is 19.8. The molecule has 0 aliphatic heterocycles. The number of pyridine rings is 1. The number of aromatic nitrogens is 5. The van der Waals surface area contributed by atoms with Crippen LogP contribution >= 0.6 is 11.6 Å². The van der Waals surface area contributed by atoms with E-state index in [1.807, 2.05) is 44.2 Å². The molecule has 0 fully saturated rings. The van der Waals surface area contributed by atoms with E-state index >= 15 is 0 Å². The summed E-state index contributed by atoms with van der Waals surface area (Å²) in [6.07, 6.45) is 1.45. The van der Waals surface area contributed by atoms with Gasteiger partial charge in [-0.1, -0.05) is 35.4 Å². The molecule has 9 heteroatoms. The van der Waals surface area contributed by atoms with Gasteiger partial charge in [0.2, 0.25) is 0 Å². The summed E-state index contributed by atoms with van der Waals surface area (Å²) in [5.74, 6) is 0.660. The number of nitrogens with one attached hydrogen (secondary N) is 1. The summed E-state index contributed by atoms with van der Waals surface area (Å²) in [4.78, 5) is 26.7. The number of esters is 1. The molecule has 3 aromatic heterocycles. The fourth-order valence-corrected chi connectivity index (χ4v) is 4.29. The van der Waals surface area contributed by atoms with Crippen LogP contribution in [-0.4, -0.2) is 37.3 Å². The van der Waals surface area contributed by atoms with Crippen LogP contribution < -0.4 is 5.32 Å². The minimum atomic E-state index is -0.518. The Morgan fingerprint density at radius 2 is 1.77 bits per heavy atom. The molecule has 0 atom stereocenters. The van der Waals surface area contributed by atoms with Gasteiger partial charge in [-0.25, -0.2) is 19.7 Å². The van der Waals surface area contributed by atoms with Gasteiger partial charge in [0.05, 0.1) is 29.4 Å². The van der Waals surface area contributed by atoms with Gasteiger partial charge in [-0.3, -0.25) is 0 Å². The summed E-state index contributed by atoms with van der Waals surface area (Å²) in [6.45, 7) is 8.10. The van der Waals surface area contributed by atoms with E-state index in [1.165, 1.54) is 11.8 Å². The molecule has 3 heterocycles. The highest BCUT2D eigenvalue weighted by atomic mass is 35.5. The minimum Gasteiger partial charge on any atom is -0.462 e. The number of fused-ring (bicyclic) bond motifs is 2. The van der Waals surface area contributed by atoms with Crippen molar-refractivity contribution in [3.05, 3.63) is 76.1 Å². The average molecular weight is 487 g/mol. The minimum absolute atomic E-state index is 0.167. The van der Waals surface area contributed by atoms with Gasteiger partial charge in [-0.05, 0) is 63.1 Å². The predicted molar refractivity (Wildman–Crippen MR) is 137 cm³/mol. The number of rotatable bonds is 5. The third-order valence-corrected chi connectivity index (χ3v) is 5.95. The number of para-hydroxylation sites is 2. The Kier molecular flexibility index (Phi) is 5.82. The topological polar surface area (TPSA) is 94.8 Å². The molecule has 0 amide bonds. The van der Waals surface area contributed by atoms with Crippen molar-refractivity contribution in [2.24, 2.45) is 0 Å². The van der Waals surface area contributed by atoms with Crippen molar-refractivity contribution in [3.8, 4) is 5.82 Å². The summed E-state index contributed by atoms with van der Waals surface area (Å²) >= 11 is 6.45. The molecule has 0 aliphatic rings. The summed E-state index contributed by atoms with van der Waals surface area (Å²) in [5, 5.41) is 8.88. The van der Waals surface area contributed by atoms with E-state index in [0.29, 0.717) is 28.5 Å². The van der Waals surface area contributed by atoms with Crippen molar-refractivity contribution < 1.29 is 9.53 Å². The normalized spacial score (nSPS) is 11.2. The number of halogens is 1. The number of hydrogen-bond acceptors (Lipinski definition) is 7. The highest BCUT2D eigenvalue weighted by Crippen LogP contribution is 2.30. The van der Waals surface area contributed by atoms with Crippen molar-refractivity contribution in [1.82, 2.24) is 24.7 Å². The van der Waals surface area contributed by atoms with Crippen molar-refractivity contribution in [2.45, 2.75) is 27.7 Å². The molecule has 0 spiro atoms. The molecule has 5 aromatic rings. The average Bonchev–Trinajstić information content (AvgIpc) is 3.24. The maximum atomic E-state index is 12.8. The summed E-state index contributed by atoms with van der Waals surface area (Å²) < 4.78 is 6.82. The molecule has 0 saturated heterocycles. The number of nitrogens with zero attached hydrogens (tertiary/aromatic N) is 5. The number of carbonyl (C=O) groups excluding carboxylic acids is 1. The first-order valence-electron chi connectivity index (χ1n) is 11.2. The smallest absolute Gasteiger partial charge is 0.343 e. The van der Waals surface area contributed by atoms with Crippen molar-refractivity contribution in [3.63, 3.8) is 0 Å². The van der Waals surface area contributed by atoms with Crippen molar-refractivity contribution in [2.75, 3.05) is 11.9 Å². The Balaban J connectivity index is 1.69. The molecule has 8 nitrogen and oxygen atoms in total. The quantitative estimate of drug-likeness (QED) is 0.311. The maximum Gasteiger partial charge on any atom is 0.343 e. The Morgan fingerprint density at radius 3 is 2.51 bits per heavy atom. The molecular weight excluding hydrogens is 464 g/mol. The summed E-state index contributed by atoms with van der Waals surface area (Å²) in [5.41, 5.74) is 5.70. The summed E-state index contributed by atoms with van der Waals surface area (Å²) in [6, 6.07) is 13.5. The van der Waals surface area contributed by atoms with Gasteiger partial charge in [0.25, 0.3) is 0 Å². The lowest BCUT2D eigenvalue weighted by Crippen LogP contribution is -2.11. The molecule has 0 saturated carbocycles. The lowest BCUT2D eigenvalue weighted by atomic mass is 10.0. The Morgan fingerprint density at radius 1 is 1.03 bits per heavy atom. The lowest BCUT2D eigenvalue weighted by molar-refractivity contribution is 0.0527. The molecule has 176 valence electrons. The van der Waals surface area contributed by atoms with E-state index in [0.717, 1.165) is 22.0 Å². The van der Waals surface area contributed by atoms with E-state index in [9.17, 15) is 4.79 Å². The van der Waals surface area contributed by atoms with Crippen LogP contribution in [0.1, 0.15) is 34.0 Å². The molecule has 35 heavy (non-hydrogen) atoms. The number of anilines is 2. The third-order valence-electron chi connectivity index (χ3n) is 5.69. The Bertz CT molecular complexity index is 1610. The van der Waals surface area contributed by atoms with Crippen LogP contribution in [0, 0.1) is 20.8 Å². The molecule has 1 N–H and O–H groups in total.